The molecule has 0 radical (unpaired) electrons. The van der Waals surface area contributed by atoms with Gasteiger partial charge in [0.1, 0.15) is 10.6 Å². The van der Waals surface area contributed by atoms with Crippen molar-refractivity contribution in [2.45, 2.75) is 31.7 Å². The number of nitrogens with zero attached hydrogens (tertiary/aromatic N) is 3. The summed E-state index contributed by atoms with van der Waals surface area (Å²) >= 11 is 5.20. The molecule has 0 spiro atoms. The van der Waals surface area contributed by atoms with Gasteiger partial charge in [-0.3, -0.25) is 4.90 Å². The Morgan fingerprint density at radius 2 is 2.04 bits per heavy atom. The van der Waals surface area contributed by atoms with Crippen LogP contribution in [0, 0.1) is 13.8 Å². The molecule has 0 atom stereocenters. The number of hydrogen-bond donors (Lipinski definition) is 0. The van der Waals surface area contributed by atoms with E-state index in [9.17, 15) is 8.42 Å². The van der Waals surface area contributed by atoms with Crippen LogP contribution >= 0.6 is 27.3 Å². The van der Waals surface area contributed by atoms with Gasteiger partial charge in [-0.25, -0.2) is 8.42 Å². The highest BCUT2D eigenvalue weighted by Gasteiger charge is 2.32. The normalized spacial score (nSPS) is 18.0. The highest BCUT2D eigenvalue weighted by Crippen LogP contribution is 2.26. The minimum atomic E-state index is -3.55. The molecule has 1 aliphatic heterocycles. The molecule has 2 aromatic rings. The molecule has 132 valence electrons. The van der Waals surface area contributed by atoms with E-state index in [2.05, 4.69) is 32.1 Å². The van der Waals surface area contributed by atoms with Crippen LogP contribution in [0.2, 0.25) is 0 Å². The average Bonchev–Trinajstić information content (AvgIpc) is 2.97. The van der Waals surface area contributed by atoms with Crippen molar-refractivity contribution >= 4 is 37.3 Å². The van der Waals surface area contributed by atoms with Gasteiger partial charge in [0.05, 0.1) is 3.79 Å². The van der Waals surface area contributed by atoms with Crippen molar-refractivity contribution in [2.24, 2.45) is 0 Å². The fourth-order valence-electron chi connectivity index (χ4n) is 2.97. The minimum Gasteiger partial charge on any atom is -0.360 e. The van der Waals surface area contributed by atoms with E-state index < -0.39 is 10.0 Å². The molecule has 0 amide bonds. The Hall–Kier alpha value is -0.740. The van der Waals surface area contributed by atoms with Crippen LogP contribution in [0.5, 0.6) is 0 Å². The van der Waals surface area contributed by atoms with Crippen molar-refractivity contribution in [3.63, 3.8) is 0 Å². The number of halogens is 1. The summed E-state index contributed by atoms with van der Waals surface area (Å²) in [6.45, 7) is 6.79. The van der Waals surface area contributed by atoms with Gasteiger partial charge in [0, 0.05) is 31.1 Å². The van der Waals surface area contributed by atoms with E-state index in [0.717, 1.165) is 29.8 Å². The molecule has 24 heavy (non-hydrogen) atoms. The molecule has 0 aromatic carbocycles. The highest BCUT2D eigenvalue weighted by molar-refractivity contribution is 9.11. The van der Waals surface area contributed by atoms with E-state index >= 15 is 0 Å². The predicted octanol–water partition coefficient (Wildman–Crippen LogP) is 3.01. The topological polar surface area (TPSA) is 66.7 Å². The van der Waals surface area contributed by atoms with E-state index in [1.807, 2.05) is 6.07 Å². The maximum Gasteiger partial charge on any atom is 0.248 e. The maximum absolute atomic E-state index is 12.9. The second kappa shape index (κ2) is 7.25. The first-order chi connectivity index (χ1) is 11.4. The van der Waals surface area contributed by atoms with Crippen LogP contribution in [0.1, 0.15) is 22.8 Å². The molecule has 3 rings (SSSR count). The van der Waals surface area contributed by atoms with Gasteiger partial charge in [0.25, 0.3) is 0 Å². The number of aromatic nitrogens is 1. The van der Waals surface area contributed by atoms with Crippen LogP contribution in [0.3, 0.4) is 0 Å². The van der Waals surface area contributed by atoms with Gasteiger partial charge in [0.2, 0.25) is 10.0 Å². The second-order valence-corrected chi connectivity index (χ2v) is 10.3. The average molecular weight is 434 g/mol. The van der Waals surface area contributed by atoms with Gasteiger partial charge in [-0.05, 0) is 54.9 Å². The van der Waals surface area contributed by atoms with Crippen molar-refractivity contribution in [1.82, 2.24) is 14.4 Å². The molecule has 0 bridgehead atoms. The van der Waals surface area contributed by atoms with Crippen LogP contribution in [0.25, 0.3) is 0 Å². The van der Waals surface area contributed by atoms with Gasteiger partial charge in [0.15, 0.2) is 5.76 Å². The summed E-state index contributed by atoms with van der Waals surface area (Å²) in [5.41, 5.74) is 0.428. The molecule has 6 nitrogen and oxygen atoms in total. The zero-order valence-corrected chi connectivity index (χ0v) is 16.9. The summed E-state index contributed by atoms with van der Waals surface area (Å²) < 4.78 is 33.5. The first-order valence-corrected chi connectivity index (χ1v) is 10.8. The number of aryl methyl sites for hydroxylation is 2. The molecule has 0 N–H and O–H groups in total. The summed E-state index contributed by atoms with van der Waals surface area (Å²) in [6, 6.07) is 4.16. The third-order valence-corrected chi connectivity index (χ3v) is 7.87. The smallest absolute Gasteiger partial charge is 0.248 e. The summed E-state index contributed by atoms with van der Waals surface area (Å²) in [6.07, 6.45) is 0.815. The predicted molar refractivity (Wildman–Crippen MR) is 96.6 cm³/mol. The third-order valence-electron chi connectivity index (χ3n) is 4.12. The van der Waals surface area contributed by atoms with E-state index in [1.54, 1.807) is 29.5 Å². The Labute approximate surface area is 154 Å². The van der Waals surface area contributed by atoms with Crippen LogP contribution in [-0.4, -0.2) is 49.0 Å². The Balaban J connectivity index is 1.71. The molecule has 0 saturated carbocycles. The lowest BCUT2D eigenvalue weighted by Gasteiger charge is -2.21. The fourth-order valence-corrected chi connectivity index (χ4v) is 6.26. The molecule has 0 aliphatic carbocycles. The second-order valence-electron chi connectivity index (χ2n) is 5.89. The van der Waals surface area contributed by atoms with Crippen LogP contribution in [0.15, 0.2) is 25.3 Å². The van der Waals surface area contributed by atoms with Crippen molar-refractivity contribution in [3.8, 4) is 0 Å². The van der Waals surface area contributed by atoms with Gasteiger partial charge in [-0.15, -0.1) is 11.3 Å². The van der Waals surface area contributed by atoms with Crippen LogP contribution < -0.4 is 0 Å². The van der Waals surface area contributed by atoms with E-state index in [0.29, 0.717) is 24.5 Å². The van der Waals surface area contributed by atoms with Gasteiger partial charge < -0.3 is 4.52 Å². The standard InChI is InChI=1S/C15H20BrN3O3S2/c1-11-15(12(2)22-17-11)24(20,21)19-7-3-6-18(8-9-19)10-13-4-5-14(16)23-13/h4-5H,3,6-10H2,1-2H3. The molecule has 0 unspecified atom stereocenters. The summed E-state index contributed by atoms with van der Waals surface area (Å²) in [4.78, 5) is 3.81. The molecule has 1 aliphatic rings. The molecular formula is C15H20BrN3O3S2. The lowest BCUT2D eigenvalue weighted by Crippen LogP contribution is -2.35. The van der Waals surface area contributed by atoms with Crippen molar-refractivity contribution < 1.29 is 12.9 Å². The van der Waals surface area contributed by atoms with Gasteiger partial charge >= 0.3 is 0 Å². The Morgan fingerprint density at radius 1 is 1.25 bits per heavy atom. The quantitative estimate of drug-likeness (QED) is 0.740. The Bertz CT molecular complexity index is 796. The largest absolute Gasteiger partial charge is 0.360 e. The number of thiophene rings is 1. The zero-order chi connectivity index (χ0) is 17.3. The monoisotopic (exact) mass is 433 g/mol. The summed E-state index contributed by atoms with van der Waals surface area (Å²) in [5.74, 6) is 0.358. The molecule has 2 aromatic heterocycles. The van der Waals surface area contributed by atoms with Crippen LogP contribution in [0.4, 0.5) is 0 Å². The SMILES string of the molecule is Cc1noc(C)c1S(=O)(=O)N1CCCN(Cc2ccc(Br)s2)CC1. The molecular weight excluding hydrogens is 414 g/mol. The lowest BCUT2D eigenvalue weighted by molar-refractivity contribution is 0.281. The van der Waals surface area contributed by atoms with E-state index in [1.165, 1.54) is 4.88 Å². The molecule has 9 heteroatoms. The van der Waals surface area contributed by atoms with Gasteiger partial charge in [-0.2, -0.15) is 4.31 Å². The first-order valence-electron chi connectivity index (χ1n) is 7.77. The Morgan fingerprint density at radius 3 is 2.67 bits per heavy atom. The van der Waals surface area contributed by atoms with Crippen molar-refractivity contribution in [3.05, 3.63) is 32.3 Å². The molecule has 1 fully saturated rings. The van der Waals surface area contributed by atoms with Crippen molar-refractivity contribution in [2.75, 3.05) is 26.2 Å². The third kappa shape index (κ3) is 3.75. The van der Waals surface area contributed by atoms with E-state index in [4.69, 9.17) is 4.52 Å². The molecule has 3 heterocycles. The first kappa shape index (κ1) is 18.1. The number of rotatable bonds is 4. The lowest BCUT2D eigenvalue weighted by atomic mass is 10.3. The maximum atomic E-state index is 12.9. The Kier molecular flexibility index (Phi) is 5.45. The summed E-state index contributed by atoms with van der Waals surface area (Å²) in [7, 11) is -3.55. The number of sulfonamides is 1. The summed E-state index contributed by atoms with van der Waals surface area (Å²) in [5, 5.41) is 3.78. The fraction of sp³-hybridized carbons (Fsp3) is 0.533. The minimum absolute atomic E-state index is 0.220. The van der Waals surface area contributed by atoms with Gasteiger partial charge in [-0.1, -0.05) is 5.16 Å². The number of hydrogen-bond acceptors (Lipinski definition) is 6. The zero-order valence-electron chi connectivity index (χ0n) is 13.7. The highest BCUT2D eigenvalue weighted by atomic mass is 79.9. The van der Waals surface area contributed by atoms with Crippen LogP contribution in [-0.2, 0) is 16.6 Å². The molecule has 1 saturated heterocycles. The van der Waals surface area contributed by atoms with E-state index in [-0.39, 0.29) is 4.90 Å². The van der Waals surface area contributed by atoms with Crippen molar-refractivity contribution in [1.29, 1.82) is 0 Å².